The summed E-state index contributed by atoms with van der Waals surface area (Å²) in [7, 11) is -3.59. The molecular weight excluding hydrogens is 350 g/mol. The number of rotatable bonds is 8. The van der Waals surface area contributed by atoms with Crippen LogP contribution in [0.2, 0.25) is 0 Å². The molecule has 6 nitrogen and oxygen atoms in total. The molecule has 0 radical (unpaired) electrons. The van der Waals surface area contributed by atoms with Crippen molar-refractivity contribution in [3.8, 4) is 0 Å². The summed E-state index contributed by atoms with van der Waals surface area (Å²) in [6.45, 7) is 8.98. The van der Waals surface area contributed by atoms with Gasteiger partial charge < -0.3 is 11.1 Å². The minimum Gasteiger partial charge on any atom is -0.352 e. The van der Waals surface area contributed by atoms with Gasteiger partial charge >= 0.3 is 0 Å². The van der Waals surface area contributed by atoms with E-state index in [1.54, 1.807) is 32.9 Å². The fraction of sp³-hybridized carbons (Fsp3) is 0.562. The van der Waals surface area contributed by atoms with Gasteiger partial charge in [-0.1, -0.05) is 26.8 Å². The Hall–Kier alpha value is -1.15. The highest BCUT2D eigenvalue weighted by Crippen LogP contribution is 2.21. The van der Waals surface area contributed by atoms with Gasteiger partial charge in [-0.3, -0.25) is 4.79 Å². The average molecular weight is 378 g/mol. The summed E-state index contributed by atoms with van der Waals surface area (Å²) >= 11 is 0. The predicted octanol–water partition coefficient (Wildman–Crippen LogP) is 1.77. The van der Waals surface area contributed by atoms with E-state index in [9.17, 15) is 13.2 Å². The van der Waals surface area contributed by atoms with Crippen molar-refractivity contribution in [3.05, 3.63) is 29.3 Å². The van der Waals surface area contributed by atoms with E-state index < -0.39 is 10.0 Å². The molecule has 1 rings (SSSR count). The Balaban J connectivity index is 0.00000529. The first-order valence-electron chi connectivity index (χ1n) is 7.86. The molecule has 1 aromatic rings. The van der Waals surface area contributed by atoms with Crippen molar-refractivity contribution in [3.63, 3.8) is 0 Å². The molecule has 24 heavy (non-hydrogen) atoms. The molecule has 1 aromatic carbocycles. The van der Waals surface area contributed by atoms with Gasteiger partial charge in [0.05, 0.1) is 4.90 Å². The summed E-state index contributed by atoms with van der Waals surface area (Å²) in [5.41, 5.74) is 6.49. The number of sulfonamides is 1. The van der Waals surface area contributed by atoms with Gasteiger partial charge in [-0.2, -0.15) is 4.31 Å². The number of nitrogens with zero attached hydrogens (tertiary/aromatic N) is 1. The number of hydrogen-bond donors (Lipinski definition) is 2. The molecule has 0 aromatic heterocycles. The number of benzene rings is 1. The van der Waals surface area contributed by atoms with Gasteiger partial charge in [-0.15, -0.1) is 12.4 Å². The molecule has 0 spiro atoms. The number of aryl methyl sites for hydroxylation is 1. The van der Waals surface area contributed by atoms with Crippen LogP contribution in [0.4, 0.5) is 0 Å². The zero-order valence-electron chi connectivity index (χ0n) is 14.7. The monoisotopic (exact) mass is 377 g/mol. The quantitative estimate of drug-likeness (QED) is 0.722. The molecule has 0 fully saturated rings. The van der Waals surface area contributed by atoms with Gasteiger partial charge in [-0.05, 0) is 37.1 Å². The Morgan fingerprint density at radius 2 is 1.88 bits per heavy atom. The molecule has 0 aliphatic carbocycles. The van der Waals surface area contributed by atoms with Crippen LogP contribution in [0.5, 0.6) is 0 Å². The SMILES string of the molecule is CCN(CC)S(=O)(=O)c1cc(C(=O)NCC(C)CN)ccc1C.Cl. The van der Waals surface area contributed by atoms with E-state index >= 15 is 0 Å². The normalized spacial score (nSPS) is 12.6. The highest BCUT2D eigenvalue weighted by Gasteiger charge is 2.24. The van der Waals surface area contributed by atoms with Crippen LogP contribution in [-0.4, -0.2) is 44.8 Å². The van der Waals surface area contributed by atoms with Crippen molar-refractivity contribution in [2.45, 2.75) is 32.6 Å². The minimum absolute atomic E-state index is 0. The smallest absolute Gasteiger partial charge is 0.251 e. The largest absolute Gasteiger partial charge is 0.352 e. The second-order valence-corrected chi connectivity index (χ2v) is 7.53. The number of nitrogens with one attached hydrogen (secondary N) is 1. The molecule has 8 heteroatoms. The van der Waals surface area contributed by atoms with Gasteiger partial charge in [0.15, 0.2) is 0 Å². The Labute approximate surface area is 151 Å². The summed E-state index contributed by atoms with van der Waals surface area (Å²) in [6, 6.07) is 4.75. The van der Waals surface area contributed by atoms with E-state index in [0.29, 0.717) is 37.3 Å². The highest BCUT2D eigenvalue weighted by atomic mass is 35.5. The Bertz CT molecular complexity index is 646. The number of nitrogens with two attached hydrogens (primary N) is 1. The average Bonchev–Trinajstić information content (AvgIpc) is 2.53. The molecule has 0 saturated carbocycles. The number of hydrogen-bond acceptors (Lipinski definition) is 4. The third kappa shape index (κ3) is 5.44. The second-order valence-electron chi connectivity index (χ2n) is 5.62. The van der Waals surface area contributed by atoms with E-state index in [0.717, 1.165) is 0 Å². The molecule has 0 saturated heterocycles. The lowest BCUT2D eigenvalue weighted by Crippen LogP contribution is -2.33. The van der Waals surface area contributed by atoms with Gasteiger partial charge in [0.1, 0.15) is 0 Å². The topological polar surface area (TPSA) is 92.5 Å². The number of carbonyl (C=O) groups excluding carboxylic acids is 1. The van der Waals surface area contributed by atoms with Crippen LogP contribution in [0.1, 0.15) is 36.7 Å². The van der Waals surface area contributed by atoms with E-state index in [-0.39, 0.29) is 29.1 Å². The van der Waals surface area contributed by atoms with Crippen LogP contribution in [0.15, 0.2) is 23.1 Å². The summed E-state index contributed by atoms with van der Waals surface area (Å²) < 4.78 is 26.7. The van der Waals surface area contributed by atoms with Crippen LogP contribution in [0.3, 0.4) is 0 Å². The third-order valence-electron chi connectivity index (χ3n) is 3.79. The standard InChI is InChI=1S/C16H27N3O3S.ClH/c1-5-19(6-2)23(21,22)15-9-14(8-7-13(15)4)16(20)18-11-12(3)10-17;/h7-9,12H,5-6,10-11,17H2,1-4H3,(H,18,20);1H. The lowest BCUT2D eigenvalue weighted by atomic mass is 10.1. The molecule has 0 aliphatic heterocycles. The van der Waals surface area contributed by atoms with E-state index in [1.165, 1.54) is 10.4 Å². The first-order valence-corrected chi connectivity index (χ1v) is 9.30. The van der Waals surface area contributed by atoms with Crippen molar-refractivity contribution in [1.82, 2.24) is 9.62 Å². The Morgan fingerprint density at radius 1 is 1.29 bits per heavy atom. The first-order chi connectivity index (χ1) is 10.8. The third-order valence-corrected chi connectivity index (χ3v) is 5.98. The fourth-order valence-corrected chi connectivity index (χ4v) is 3.88. The van der Waals surface area contributed by atoms with Gasteiger partial charge in [0.25, 0.3) is 5.91 Å². The van der Waals surface area contributed by atoms with Crippen LogP contribution in [0, 0.1) is 12.8 Å². The molecule has 0 heterocycles. The molecule has 138 valence electrons. The maximum Gasteiger partial charge on any atom is 0.251 e. The molecule has 1 amide bonds. The van der Waals surface area contributed by atoms with Crippen LogP contribution in [-0.2, 0) is 10.0 Å². The summed E-state index contributed by atoms with van der Waals surface area (Å²) in [6.07, 6.45) is 0. The molecular formula is C16H28ClN3O3S. The molecule has 0 aliphatic rings. The number of amides is 1. The number of halogens is 1. The lowest BCUT2D eigenvalue weighted by Gasteiger charge is -2.20. The summed E-state index contributed by atoms with van der Waals surface area (Å²) in [4.78, 5) is 12.4. The molecule has 1 unspecified atom stereocenters. The fourth-order valence-electron chi connectivity index (χ4n) is 2.17. The Morgan fingerprint density at radius 3 is 2.38 bits per heavy atom. The maximum atomic E-state index is 12.7. The van der Waals surface area contributed by atoms with Crippen molar-refractivity contribution < 1.29 is 13.2 Å². The minimum atomic E-state index is -3.59. The maximum absolute atomic E-state index is 12.7. The van der Waals surface area contributed by atoms with Crippen molar-refractivity contribution >= 4 is 28.3 Å². The van der Waals surface area contributed by atoms with E-state index in [1.807, 2.05) is 6.92 Å². The summed E-state index contributed by atoms with van der Waals surface area (Å²) in [5, 5.41) is 2.78. The summed E-state index contributed by atoms with van der Waals surface area (Å²) in [5.74, 6) is -0.121. The highest BCUT2D eigenvalue weighted by molar-refractivity contribution is 7.89. The van der Waals surface area contributed by atoms with Crippen LogP contribution < -0.4 is 11.1 Å². The zero-order chi connectivity index (χ0) is 17.6. The van der Waals surface area contributed by atoms with E-state index in [4.69, 9.17) is 5.73 Å². The first kappa shape index (κ1) is 22.9. The van der Waals surface area contributed by atoms with Crippen molar-refractivity contribution in [2.24, 2.45) is 11.7 Å². The predicted molar refractivity (Wildman–Crippen MR) is 99.1 cm³/mol. The van der Waals surface area contributed by atoms with Gasteiger partial charge in [0.2, 0.25) is 10.0 Å². The lowest BCUT2D eigenvalue weighted by molar-refractivity contribution is 0.0948. The molecule has 1 atom stereocenters. The number of carbonyl (C=O) groups is 1. The van der Waals surface area contributed by atoms with E-state index in [2.05, 4.69) is 5.32 Å². The van der Waals surface area contributed by atoms with Crippen molar-refractivity contribution in [2.75, 3.05) is 26.2 Å². The Kier molecular flexibility index (Phi) is 9.50. The molecule has 3 N–H and O–H groups in total. The molecule has 0 bridgehead atoms. The van der Waals surface area contributed by atoms with Crippen molar-refractivity contribution in [1.29, 1.82) is 0 Å². The second kappa shape index (κ2) is 9.98. The van der Waals surface area contributed by atoms with Crippen LogP contribution in [0.25, 0.3) is 0 Å². The zero-order valence-corrected chi connectivity index (χ0v) is 16.3. The van der Waals surface area contributed by atoms with Gasteiger partial charge in [0, 0.05) is 25.2 Å². The van der Waals surface area contributed by atoms with Gasteiger partial charge in [-0.25, -0.2) is 8.42 Å². The van der Waals surface area contributed by atoms with Crippen LogP contribution >= 0.6 is 12.4 Å².